The maximum absolute atomic E-state index is 8.95. The van der Waals surface area contributed by atoms with Crippen molar-refractivity contribution in [3.8, 4) is 6.07 Å². The highest BCUT2D eigenvalue weighted by atomic mass is 14.4. The van der Waals surface area contributed by atoms with Gasteiger partial charge in [0.05, 0.1) is 11.6 Å². The molecule has 2 aliphatic carbocycles. The molecule has 2 aliphatic rings. The zero-order valence-corrected chi connectivity index (χ0v) is 16.1. The van der Waals surface area contributed by atoms with E-state index in [1.807, 2.05) is 18.2 Å². The SMILES string of the molecule is C=CCCC=CC1CCC(C2CCC(c3ccc(C#N)cc3)CC2)CC1. The first-order chi connectivity index (χ1) is 12.8. The average molecular weight is 348 g/mol. The van der Waals surface area contributed by atoms with Crippen molar-refractivity contribution in [2.75, 3.05) is 0 Å². The first kappa shape index (κ1) is 19.0. The Morgan fingerprint density at radius 2 is 1.50 bits per heavy atom. The second-order valence-corrected chi connectivity index (χ2v) is 8.31. The van der Waals surface area contributed by atoms with E-state index in [9.17, 15) is 0 Å². The Bertz CT molecular complexity index is 617. The van der Waals surface area contributed by atoms with Gasteiger partial charge in [-0.2, -0.15) is 5.26 Å². The van der Waals surface area contributed by atoms with Gasteiger partial charge in [-0.1, -0.05) is 30.4 Å². The van der Waals surface area contributed by atoms with Crippen LogP contribution in [0.2, 0.25) is 0 Å². The number of allylic oxidation sites excluding steroid dienone is 3. The lowest BCUT2D eigenvalue weighted by molar-refractivity contribution is 0.171. The van der Waals surface area contributed by atoms with Gasteiger partial charge in [0.2, 0.25) is 0 Å². The molecule has 0 radical (unpaired) electrons. The third-order valence-electron chi connectivity index (χ3n) is 6.71. The summed E-state index contributed by atoms with van der Waals surface area (Å²) < 4.78 is 0. The molecule has 2 fully saturated rings. The lowest BCUT2D eigenvalue weighted by Crippen LogP contribution is -2.25. The normalized spacial score (nSPS) is 29.3. The summed E-state index contributed by atoms with van der Waals surface area (Å²) in [7, 11) is 0. The smallest absolute Gasteiger partial charge is 0.0991 e. The number of rotatable bonds is 6. The van der Waals surface area contributed by atoms with Crippen LogP contribution < -0.4 is 0 Å². The van der Waals surface area contributed by atoms with Crippen molar-refractivity contribution in [2.24, 2.45) is 17.8 Å². The number of unbranched alkanes of at least 4 members (excludes halogenated alkanes) is 1. The number of nitriles is 1. The van der Waals surface area contributed by atoms with E-state index in [1.165, 1.54) is 56.9 Å². The van der Waals surface area contributed by atoms with E-state index in [0.717, 1.165) is 36.2 Å². The lowest BCUT2D eigenvalue weighted by atomic mass is 9.68. The van der Waals surface area contributed by atoms with Crippen molar-refractivity contribution >= 4 is 0 Å². The molecule has 2 saturated carbocycles. The van der Waals surface area contributed by atoms with E-state index in [4.69, 9.17) is 5.26 Å². The average Bonchev–Trinajstić information content (AvgIpc) is 2.72. The van der Waals surface area contributed by atoms with Crippen LogP contribution in [0, 0.1) is 29.1 Å². The van der Waals surface area contributed by atoms with Crippen molar-refractivity contribution < 1.29 is 0 Å². The van der Waals surface area contributed by atoms with Gasteiger partial charge in [0.1, 0.15) is 0 Å². The molecular formula is C25H33N. The van der Waals surface area contributed by atoms with E-state index < -0.39 is 0 Å². The predicted octanol–water partition coefficient (Wildman–Crippen LogP) is 7.16. The summed E-state index contributed by atoms with van der Waals surface area (Å²) in [6.07, 6.45) is 20.2. The quantitative estimate of drug-likeness (QED) is 0.395. The highest BCUT2D eigenvalue weighted by molar-refractivity contribution is 5.33. The fourth-order valence-electron chi connectivity index (χ4n) is 5.07. The predicted molar refractivity (Wildman–Crippen MR) is 110 cm³/mol. The summed E-state index contributed by atoms with van der Waals surface area (Å²) in [4.78, 5) is 0. The molecule has 0 amide bonds. The molecular weight excluding hydrogens is 314 g/mol. The van der Waals surface area contributed by atoms with E-state index in [2.05, 4.69) is 36.9 Å². The van der Waals surface area contributed by atoms with Crippen molar-refractivity contribution in [2.45, 2.75) is 70.1 Å². The van der Waals surface area contributed by atoms with Crippen LogP contribution in [-0.2, 0) is 0 Å². The molecule has 0 aromatic heterocycles. The van der Waals surface area contributed by atoms with E-state index in [0.29, 0.717) is 5.92 Å². The molecule has 26 heavy (non-hydrogen) atoms. The molecule has 1 heteroatoms. The summed E-state index contributed by atoms with van der Waals surface area (Å²) in [6.45, 7) is 3.79. The molecule has 0 N–H and O–H groups in total. The zero-order chi connectivity index (χ0) is 18.2. The molecule has 1 aromatic carbocycles. The molecule has 0 atom stereocenters. The monoisotopic (exact) mass is 347 g/mol. The summed E-state index contributed by atoms with van der Waals surface area (Å²) >= 11 is 0. The van der Waals surface area contributed by atoms with Crippen LogP contribution in [0.1, 0.15) is 81.3 Å². The van der Waals surface area contributed by atoms with Gasteiger partial charge in [0.25, 0.3) is 0 Å². The molecule has 0 aliphatic heterocycles. The van der Waals surface area contributed by atoms with Gasteiger partial charge < -0.3 is 0 Å². The molecule has 1 aromatic rings. The van der Waals surface area contributed by atoms with Gasteiger partial charge in [-0.25, -0.2) is 0 Å². The first-order valence-electron chi connectivity index (χ1n) is 10.6. The van der Waals surface area contributed by atoms with Gasteiger partial charge in [0, 0.05) is 0 Å². The van der Waals surface area contributed by atoms with Crippen LogP contribution >= 0.6 is 0 Å². The highest BCUT2D eigenvalue weighted by Crippen LogP contribution is 2.44. The fourth-order valence-corrected chi connectivity index (χ4v) is 5.07. The van der Waals surface area contributed by atoms with Crippen LogP contribution in [-0.4, -0.2) is 0 Å². The third kappa shape index (κ3) is 5.10. The van der Waals surface area contributed by atoms with Crippen molar-refractivity contribution in [1.82, 2.24) is 0 Å². The Balaban J connectivity index is 1.42. The number of benzene rings is 1. The standard InChI is InChI=1S/C25H33N/c1-2-3-4-5-6-20-7-11-22(12-8-20)24-15-17-25(18-16-24)23-13-9-21(19-26)10-14-23/h2,5-6,9-10,13-14,20,22,24-25H,1,3-4,7-8,11-12,15-18H2. The summed E-state index contributed by atoms with van der Waals surface area (Å²) in [5.74, 6) is 3.46. The van der Waals surface area contributed by atoms with Crippen LogP contribution in [0.25, 0.3) is 0 Å². The summed E-state index contributed by atoms with van der Waals surface area (Å²) in [5.41, 5.74) is 2.22. The number of hydrogen-bond donors (Lipinski definition) is 0. The van der Waals surface area contributed by atoms with E-state index in [1.54, 1.807) is 0 Å². The number of hydrogen-bond acceptors (Lipinski definition) is 1. The van der Waals surface area contributed by atoms with E-state index in [-0.39, 0.29) is 0 Å². The maximum Gasteiger partial charge on any atom is 0.0991 e. The van der Waals surface area contributed by atoms with Crippen molar-refractivity contribution in [3.63, 3.8) is 0 Å². The van der Waals surface area contributed by atoms with Crippen molar-refractivity contribution in [3.05, 3.63) is 60.2 Å². The van der Waals surface area contributed by atoms with Gasteiger partial charge in [-0.15, -0.1) is 6.58 Å². The lowest BCUT2D eigenvalue weighted by Gasteiger charge is -2.37. The molecule has 0 heterocycles. The van der Waals surface area contributed by atoms with E-state index >= 15 is 0 Å². The minimum atomic E-state index is 0.711. The zero-order valence-electron chi connectivity index (χ0n) is 16.1. The van der Waals surface area contributed by atoms with Crippen molar-refractivity contribution in [1.29, 1.82) is 5.26 Å². The Kier molecular flexibility index (Phi) is 7.13. The second-order valence-electron chi connectivity index (χ2n) is 8.31. The molecule has 0 bridgehead atoms. The Morgan fingerprint density at radius 1 is 0.885 bits per heavy atom. The van der Waals surface area contributed by atoms with Crippen LogP contribution in [0.4, 0.5) is 0 Å². The van der Waals surface area contributed by atoms with Gasteiger partial charge >= 0.3 is 0 Å². The Labute approximate surface area is 159 Å². The number of nitrogens with zero attached hydrogens (tertiary/aromatic N) is 1. The molecule has 138 valence electrons. The molecule has 0 unspecified atom stereocenters. The summed E-state index contributed by atoms with van der Waals surface area (Å²) in [6, 6.07) is 10.5. The minimum absolute atomic E-state index is 0.711. The maximum atomic E-state index is 8.95. The largest absolute Gasteiger partial charge is 0.192 e. The van der Waals surface area contributed by atoms with Crippen LogP contribution in [0.15, 0.2) is 49.1 Å². The van der Waals surface area contributed by atoms with Gasteiger partial charge in [0.15, 0.2) is 0 Å². The molecule has 0 spiro atoms. The van der Waals surface area contributed by atoms with Crippen LogP contribution in [0.3, 0.4) is 0 Å². The van der Waals surface area contributed by atoms with Gasteiger partial charge in [-0.3, -0.25) is 0 Å². The first-order valence-corrected chi connectivity index (χ1v) is 10.6. The molecule has 3 rings (SSSR count). The molecule has 0 saturated heterocycles. The Morgan fingerprint density at radius 3 is 2.08 bits per heavy atom. The third-order valence-corrected chi connectivity index (χ3v) is 6.71. The second kappa shape index (κ2) is 9.77. The fraction of sp³-hybridized carbons (Fsp3) is 0.560. The topological polar surface area (TPSA) is 23.8 Å². The van der Waals surface area contributed by atoms with Crippen LogP contribution in [0.5, 0.6) is 0 Å². The van der Waals surface area contributed by atoms with Gasteiger partial charge in [-0.05, 0) is 106 Å². The summed E-state index contributed by atoms with van der Waals surface area (Å²) in [5, 5.41) is 8.95. The minimum Gasteiger partial charge on any atom is -0.192 e. The highest BCUT2D eigenvalue weighted by Gasteiger charge is 2.30. The Hall–Kier alpha value is -1.81. The molecule has 1 nitrogen and oxygen atoms in total.